The van der Waals surface area contributed by atoms with Crippen LogP contribution in [0.25, 0.3) is 0 Å². The zero-order valence-corrected chi connectivity index (χ0v) is 16.6. The number of aromatic nitrogens is 2. The normalized spacial score (nSPS) is 14.0. The number of rotatable bonds is 7. The third-order valence-corrected chi connectivity index (χ3v) is 6.32. The Morgan fingerprint density at radius 1 is 1.26 bits per heavy atom. The fraction of sp³-hybridized carbons (Fsp3) is 0.474. The Hall–Kier alpha value is -2.19. The van der Waals surface area contributed by atoms with E-state index in [0.717, 1.165) is 36.8 Å². The van der Waals surface area contributed by atoms with Gasteiger partial charge in [-0.2, -0.15) is 5.10 Å². The highest BCUT2D eigenvalue weighted by Gasteiger charge is 2.18. The highest BCUT2D eigenvalue weighted by atomic mass is 32.2. The maximum absolute atomic E-state index is 12.5. The molecule has 0 bridgehead atoms. The predicted octanol–water partition coefficient (Wildman–Crippen LogP) is 1.63. The van der Waals surface area contributed by atoms with Crippen molar-refractivity contribution in [3.63, 3.8) is 0 Å². The van der Waals surface area contributed by atoms with Crippen molar-refractivity contribution in [1.29, 1.82) is 0 Å². The van der Waals surface area contributed by atoms with Crippen molar-refractivity contribution in [2.24, 2.45) is 7.05 Å². The van der Waals surface area contributed by atoms with Crippen LogP contribution in [0.2, 0.25) is 0 Å². The van der Waals surface area contributed by atoms with Gasteiger partial charge in [-0.25, -0.2) is 13.1 Å². The van der Waals surface area contributed by atoms with Crippen LogP contribution in [-0.4, -0.2) is 42.6 Å². The summed E-state index contributed by atoms with van der Waals surface area (Å²) >= 11 is 0. The average molecular weight is 391 g/mol. The van der Waals surface area contributed by atoms with Crippen molar-refractivity contribution < 1.29 is 13.2 Å². The predicted molar refractivity (Wildman–Crippen MR) is 103 cm³/mol. The number of aryl methyl sites for hydroxylation is 3. The lowest BCUT2D eigenvalue weighted by Crippen LogP contribution is -2.32. The van der Waals surface area contributed by atoms with Gasteiger partial charge in [0.25, 0.3) is 0 Å². The van der Waals surface area contributed by atoms with Crippen LogP contribution in [-0.2, 0) is 41.3 Å². The van der Waals surface area contributed by atoms with Gasteiger partial charge >= 0.3 is 0 Å². The summed E-state index contributed by atoms with van der Waals surface area (Å²) in [6.07, 6.45) is 7.87. The van der Waals surface area contributed by atoms with E-state index < -0.39 is 10.0 Å². The Kier molecular flexibility index (Phi) is 5.96. The maximum atomic E-state index is 12.5. The molecule has 0 spiro atoms. The van der Waals surface area contributed by atoms with Gasteiger partial charge in [0, 0.05) is 45.4 Å². The quantitative estimate of drug-likeness (QED) is 0.779. The highest BCUT2D eigenvalue weighted by molar-refractivity contribution is 7.89. The van der Waals surface area contributed by atoms with Gasteiger partial charge in [0.2, 0.25) is 15.9 Å². The molecule has 0 fully saturated rings. The number of amides is 1. The lowest BCUT2D eigenvalue weighted by atomic mass is 9.92. The van der Waals surface area contributed by atoms with Crippen LogP contribution in [0.5, 0.6) is 0 Å². The minimum atomic E-state index is -3.60. The molecule has 1 aliphatic carbocycles. The van der Waals surface area contributed by atoms with E-state index in [4.69, 9.17) is 0 Å². The van der Waals surface area contributed by atoms with Crippen molar-refractivity contribution in [3.8, 4) is 0 Å². The van der Waals surface area contributed by atoms with Crippen LogP contribution in [0.4, 0.5) is 0 Å². The summed E-state index contributed by atoms with van der Waals surface area (Å²) < 4.78 is 29.3. The van der Waals surface area contributed by atoms with Crippen LogP contribution in [0, 0.1) is 0 Å². The van der Waals surface area contributed by atoms with Gasteiger partial charge in [-0.15, -0.1) is 0 Å². The van der Waals surface area contributed by atoms with Gasteiger partial charge in [-0.05, 0) is 48.9 Å². The minimum Gasteiger partial charge on any atom is -0.341 e. The summed E-state index contributed by atoms with van der Waals surface area (Å²) in [7, 11) is -0.0828. The van der Waals surface area contributed by atoms with E-state index in [9.17, 15) is 13.2 Å². The molecule has 2 aromatic rings. The highest BCUT2D eigenvalue weighted by Crippen LogP contribution is 2.24. The number of hydrogen-bond acceptors (Lipinski definition) is 4. The van der Waals surface area contributed by atoms with Gasteiger partial charge in [-0.3, -0.25) is 9.48 Å². The molecular formula is C19H26N4O3S. The molecule has 1 N–H and O–H groups in total. The van der Waals surface area contributed by atoms with Crippen LogP contribution in [0.1, 0.15) is 36.0 Å². The fourth-order valence-corrected chi connectivity index (χ4v) is 4.44. The van der Waals surface area contributed by atoms with E-state index in [1.165, 1.54) is 5.56 Å². The van der Waals surface area contributed by atoms with Crippen LogP contribution in [0.15, 0.2) is 35.5 Å². The molecule has 0 saturated carbocycles. The summed E-state index contributed by atoms with van der Waals surface area (Å²) in [5.74, 6) is -0.119. The lowest BCUT2D eigenvalue weighted by Gasteiger charge is -2.18. The molecule has 1 aromatic heterocycles. The van der Waals surface area contributed by atoms with Crippen molar-refractivity contribution >= 4 is 15.9 Å². The molecule has 8 heteroatoms. The van der Waals surface area contributed by atoms with Crippen molar-refractivity contribution in [2.75, 3.05) is 13.6 Å². The summed E-state index contributed by atoms with van der Waals surface area (Å²) in [5.41, 5.74) is 3.30. The molecule has 3 rings (SSSR count). The molecule has 1 heterocycles. The summed E-state index contributed by atoms with van der Waals surface area (Å²) in [6, 6.07) is 5.34. The van der Waals surface area contributed by atoms with Crippen molar-refractivity contribution in [1.82, 2.24) is 19.4 Å². The molecule has 0 radical (unpaired) electrons. The fourth-order valence-electron chi connectivity index (χ4n) is 3.36. The number of hydrogen-bond donors (Lipinski definition) is 1. The zero-order chi connectivity index (χ0) is 19.4. The molecule has 27 heavy (non-hydrogen) atoms. The summed E-state index contributed by atoms with van der Waals surface area (Å²) in [6.45, 7) is 0.528. The standard InChI is InChI=1S/C19H26N4O3S/c1-22(13-15-12-20-23(2)14-15)19(24)9-10-21-27(25,26)18-8-7-16-5-3-4-6-17(16)11-18/h7-8,11-12,14,21H,3-6,9-10,13H2,1-2H3. The second kappa shape index (κ2) is 8.22. The van der Waals surface area contributed by atoms with Gasteiger partial charge in [0.05, 0.1) is 11.1 Å². The second-order valence-electron chi connectivity index (χ2n) is 7.06. The Balaban J connectivity index is 1.53. The second-order valence-corrected chi connectivity index (χ2v) is 8.82. The van der Waals surface area contributed by atoms with Crippen molar-refractivity contribution in [2.45, 2.75) is 43.5 Å². The number of benzene rings is 1. The first-order chi connectivity index (χ1) is 12.8. The third-order valence-electron chi connectivity index (χ3n) is 4.87. The van der Waals surface area contributed by atoms with E-state index in [2.05, 4.69) is 9.82 Å². The molecule has 0 saturated heterocycles. The van der Waals surface area contributed by atoms with Crippen LogP contribution >= 0.6 is 0 Å². The molecule has 1 aliphatic rings. The Labute approximate surface area is 160 Å². The zero-order valence-electron chi connectivity index (χ0n) is 15.8. The molecule has 0 atom stereocenters. The Morgan fingerprint density at radius 2 is 2.00 bits per heavy atom. The van der Waals surface area contributed by atoms with Crippen LogP contribution < -0.4 is 4.72 Å². The van der Waals surface area contributed by atoms with E-state index in [1.807, 2.05) is 19.3 Å². The van der Waals surface area contributed by atoms with E-state index in [0.29, 0.717) is 6.54 Å². The molecule has 0 aliphatic heterocycles. The molecule has 0 unspecified atom stereocenters. The minimum absolute atomic E-state index is 0.0790. The SMILES string of the molecule is CN(Cc1cnn(C)c1)C(=O)CCNS(=O)(=O)c1ccc2c(c1)CCCC2. The van der Waals surface area contributed by atoms with E-state index in [1.54, 1.807) is 35.0 Å². The molecule has 7 nitrogen and oxygen atoms in total. The van der Waals surface area contributed by atoms with Crippen molar-refractivity contribution in [3.05, 3.63) is 47.3 Å². The van der Waals surface area contributed by atoms with Gasteiger partial charge in [0.15, 0.2) is 0 Å². The largest absolute Gasteiger partial charge is 0.341 e. The van der Waals surface area contributed by atoms with E-state index in [-0.39, 0.29) is 23.8 Å². The summed E-state index contributed by atoms with van der Waals surface area (Å²) in [5, 5.41) is 4.07. The molecule has 1 aromatic carbocycles. The maximum Gasteiger partial charge on any atom is 0.240 e. The number of nitrogens with zero attached hydrogens (tertiary/aromatic N) is 3. The van der Waals surface area contributed by atoms with E-state index >= 15 is 0 Å². The Bertz CT molecular complexity index is 921. The topological polar surface area (TPSA) is 84.3 Å². The number of carbonyl (C=O) groups is 1. The monoisotopic (exact) mass is 390 g/mol. The van der Waals surface area contributed by atoms with Gasteiger partial charge < -0.3 is 4.90 Å². The number of fused-ring (bicyclic) bond motifs is 1. The Morgan fingerprint density at radius 3 is 2.70 bits per heavy atom. The third kappa shape index (κ3) is 4.95. The number of nitrogens with one attached hydrogen (secondary N) is 1. The lowest BCUT2D eigenvalue weighted by molar-refractivity contribution is -0.130. The number of carbonyl (C=O) groups excluding carboxylic acids is 1. The number of sulfonamides is 1. The molecule has 146 valence electrons. The summed E-state index contributed by atoms with van der Waals surface area (Å²) in [4.78, 5) is 14.1. The molecule has 1 amide bonds. The first kappa shape index (κ1) is 19.6. The average Bonchev–Trinajstić information content (AvgIpc) is 3.05. The first-order valence-electron chi connectivity index (χ1n) is 9.18. The smallest absolute Gasteiger partial charge is 0.240 e. The molecular weight excluding hydrogens is 364 g/mol. The van der Waals surface area contributed by atoms with Gasteiger partial charge in [0.1, 0.15) is 0 Å². The van der Waals surface area contributed by atoms with Crippen LogP contribution in [0.3, 0.4) is 0 Å². The first-order valence-corrected chi connectivity index (χ1v) is 10.7. The van der Waals surface area contributed by atoms with Gasteiger partial charge in [-0.1, -0.05) is 6.07 Å².